The van der Waals surface area contributed by atoms with Gasteiger partial charge in [-0.25, -0.2) is 0 Å². The summed E-state index contributed by atoms with van der Waals surface area (Å²) in [4.78, 5) is 4.77. The molecule has 3 nitrogen and oxygen atoms in total. The van der Waals surface area contributed by atoms with Crippen molar-refractivity contribution in [2.45, 2.75) is 38.1 Å². The van der Waals surface area contributed by atoms with Gasteiger partial charge in [-0.2, -0.15) is 0 Å². The van der Waals surface area contributed by atoms with Crippen LogP contribution < -0.4 is 0 Å². The Morgan fingerprint density at radius 1 is 1.32 bits per heavy atom. The highest BCUT2D eigenvalue weighted by Crippen LogP contribution is 2.23. The maximum absolute atomic E-state index is 11.5. The van der Waals surface area contributed by atoms with Crippen LogP contribution in [0.5, 0.6) is 5.75 Å². The maximum atomic E-state index is 11.5. The Labute approximate surface area is 117 Å². The van der Waals surface area contributed by atoms with Crippen molar-refractivity contribution in [2.75, 3.05) is 12.0 Å². The van der Waals surface area contributed by atoms with Crippen molar-refractivity contribution in [1.29, 1.82) is 0 Å². The number of phenols is 1. The van der Waals surface area contributed by atoms with Gasteiger partial charge in [0.15, 0.2) is 0 Å². The van der Waals surface area contributed by atoms with Gasteiger partial charge in [-0.3, -0.25) is 4.99 Å². The molecule has 1 fully saturated rings. The Bertz CT molecular complexity index is 440. The second kappa shape index (κ2) is 6.96. The molecular formula is C15H21NO2S. The van der Waals surface area contributed by atoms with Gasteiger partial charge in [0, 0.05) is 5.56 Å². The number of phenolic OH excluding ortho intramolecular Hbond substituents is 1. The smallest absolute Gasteiger partial charge is 0.147 e. The molecule has 1 atom stereocenters. The van der Waals surface area contributed by atoms with E-state index in [9.17, 15) is 9.66 Å². The predicted octanol–water partition coefficient (Wildman–Crippen LogP) is 2.89. The van der Waals surface area contributed by atoms with Gasteiger partial charge in [0.25, 0.3) is 0 Å². The molecule has 0 aromatic heterocycles. The lowest BCUT2D eigenvalue weighted by Crippen LogP contribution is -2.20. The third kappa shape index (κ3) is 4.25. The van der Waals surface area contributed by atoms with Crippen LogP contribution in [0.25, 0.3) is 0 Å². The van der Waals surface area contributed by atoms with Gasteiger partial charge in [-0.05, 0) is 25.0 Å². The first kappa shape index (κ1) is 14.4. The number of nitrogens with zero attached hydrogens (tertiary/aromatic N) is 1. The summed E-state index contributed by atoms with van der Waals surface area (Å²) in [7, 11) is 0. The van der Waals surface area contributed by atoms with E-state index in [0.29, 0.717) is 11.8 Å². The van der Waals surface area contributed by atoms with Gasteiger partial charge in [0.1, 0.15) is 11.5 Å². The summed E-state index contributed by atoms with van der Waals surface area (Å²) in [5.74, 6) is 0.635. The van der Waals surface area contributed by atoms with Gasteiger partial charge in [0.05, 0.1) is 18.0 Å². The van der Waals surface area contributed by atoms with Crippen molar-refractivity contribution in [3.63, 3.8) is 0 Å². The molecule has 1 aliphatic rings. The van der Waals surface area contributed by atoms with Crippen molar-refractivity contribution in [1.82, 2.24) is 0 Å². The molecule has 0 radical (unpaired) electrons. The van der Waals surface area contributed by atoms with Crippen LogP contribution in [0.3, 0.4) is 0 Å². The van der Waals surface area contributed by atoms with Crippen LogP contribution in [0, 0.1) is 0 Å². The summed E-state index contributed by atoms with van der Waals surface area (Å²) in [6.45, 7) is 0. The number of benzene rings is 1. The fraction of sp³-hybridized carbons (Fsp3) is 0.533. The lowest BCUT2D eigenvalue weighted by Gasteiger charge is -2.20. The summed E-state index contributed by atoms with van der Waals surface area (Å²) in [6.07, 6.45) is 7.61. The zero-order valence-corrected chi connectivity index (χ0v) is 12.2. The molecule has 1 saturated carbocycles. The minimum Gasteiger partial charge on any atom is -0.616 e. The highest BCUT2D eigenvalue weighted by molar-refractivity contribution is 7.91. The Morgan fingerprint density at radius 3 is 2.63 bits per heavy atom. The maximum Gasteiger partial charge on any atom is 0.147 e. The lowest BCUT2D eigenvalue weighted by molar-refractivity contribution is 0.443. The van der Waals surface area contributed by atoms with E-state index in [1.165, 1.54) is 19.3 Å². The Hall–Kier alpha value is -1.00. The molecule has 4 heteroatoms. The molecule has 2 rings (SSSR count). The molecular weight excluding hydrogens is 258 g/mol. The third-order valence-electron chi connectivity index (χ3n) is 3.47. The highest BCUT2D eigenvalue weighted by Gasteiger charge is 2.18. The van der Waals surface area contributed by atoms with Gasteiger partial charge in [0.2, 0.25) is 0 Å². The molecule has 0 aliphatic heterocycles. The monoisotopic (exact) mass is 279 g/mol. The average molecular weight is 279 g/mol. The number of aliphatic imine (C=N–C) groups is 1. The molecule has 104 valence electrons. The van der Waals surface area contributed by atoms with Crippen molar-refractivity contribution in [3.8, 4) is 5.75 Å². The van der Waals surface area contributed by atoms with E-state index in [-0.39, 0.29) is 5.75 Å². The number of aromatic hydroxyl groups is 1. The number of rotatable bonds is 4. The van der Waals surface area contributed by atoms with Crippen LogP contribution in [0.2, 0.25) is 0 Å². The van der Waals surface area contributed by atoms with Gasteiger partial charge >= 0.3 is 0 Å². The number of hydrogen-bond acceptors (Lipinski definition) is 3. The Balaban J connectivity index is 2.24. The molecule has 0 saturated heterocycles. The third-order valence-corrected chi connectivity index (χ3v) is 4.15. The summed E-state index contributed by atoms with van der Waals surface area (Å²) < 4.78 is 11.5. The zero-order chi connectivity index (χ0) is 13.7. The van der Waals surface area contributed by atoms with E-state index in [1.807, 2.05) is 12.1 Å². The summed E-state index contributed by atoms with van der Waals surface area (Å²) in [5, 5.41) is 9.94. The molecule has 0 bridgehead atoms. The molecule has 1 aliphatic carbocycles. The lowest BCUT2D eigenvalue weighted by atomic mass is 9.95. The molecule has 0 spiro atoms. The van der Waals surface area contributed by atoms with Crippen LogP contribution in [-0.2, 0) is 11.2 Å². The normalized spacial score (nSPS) is 19.4. The summed E-state index contributed by atoms with van der Waals surface area (Å²) >= 11 is -0.951. The Kier molecular flexibility index (Phi) is 5.28. The molecule has 1 unspecified atom stereocenters. The van der Waals surface area contributed by atoms with Crippen LogP contribution in [0.4, 0.5) is 0 Å². The molecule has 1 aromatic carbocycles. The first-order valence-corrected chi connectivity index (χ1v) is 8.54. The fourth-order valence-electron chi connectivity index (χ4n) is 2.53. The molecule has 0 heterocycles. The molecule has 0 amide bonds. The summed E-state index contributed by atoms with van der Waals surface area (Å²) in [6, 6.07) is 7.50. The van der Waals surface area contributed by atoms with Crippen LogP contribution in [0.15, 0.2) is 29.3 Å². The molecule has 1 aromatic rings. The van der Waals surface area contributed by atoms with Crippen molar-refractivity contribution < 1.29 is 9.66 Å². The molecule has 19 heavy (non-hydrogen) atoms. The Morgan fingerprint density at radius 2 is 2.00 bits per heavy atom. The van der Waals surface area contributed by atoms with Crippen molar-refractivity contribution in [3.05, 3.63) is 29.8 Å². The van der Waals surface area contributed by atoms with Gasteiger partial charge in [-0.1, -0.05) is 42.6 Å². The second-order valence-corrected chi connectivity index (χ2v) is 6.54. The SMILES string of the molecule is C[S+]([O-])CC(=NC1CCCCC1)c1ccccc1O. The van der Waals surface area contributed by atoms with Gasteiger partial charge < -0.3 is 9.66 Å². The van der Waals surface area contributed by atoms with E-state index in [4.69, 9.17) is 4.99 Å². The van der Waals surface area contributed by atoms with Gasteiger partial charge in [-0.15, -0.1) is 0 Å². The average Bonchev–Trinajstić information content (AvgIpc) is 2.39. The molecule has 1 N–H and O–H groups in total. The zero-order valence-electron chi connectivity index (χ0n) is 11.3. The summed E-state index contributed by atoms with van der Waals surface area (Å²) in [5.41, 5.74) is 1.51. The van der Waals surface area contributed by atoms with Crippen LogP contribution in [-0.4, -0.2) is 33.4 Å². The van der Waals surface area contributed by atoms with Crippen molar-refractivity contribution >= 4 is 16.9 Å². The minimum absolute atomic E-state index is 0.225. The van der Waals surface area contributed by atoms with E-state index >= 15 is 0 Å². The van der Waals surface area contributed by atoms with Crippen LogP contribution >= 0.6 is 0 Å². The van der Waals surface area contributed by atoms with E-state index in [1.54, 1.807) is 18.4 Å². The quantitative estimate of drug-likeness (QED) is 0.680. The van der Waals surface area contributed by atoms with E-state index in [2.05, 4.69) is 0 Å². The van der Waals surface area contributed by atoms with E-state index in [0.717, 1.165) is 24.1 Å². The van der Waals surface area contributed by atoms with Crippen molar-refractivity contribution in [2.24, 2.45) is 4.99 Å². The number of hydrogen-bond donors (Lipinski definition) is 1. The first-order valence-electron chi connectivity index (χ1n) is 6.82. The highest BCUT2D eigenvalue weighted by atomic mass is 32.2. The predicted molar refractivity (Wildman–Crippen MR) is 80.5 cm³/mol. The largest absolute Gasteiger partial charge is 0.616 e. The number of para-hydroxylation sites is 1. The topological polar surface area (TPSA) is 55.7 Å². The first-order chi connectivity index (χ1) is 9.16. The second-order valence-electron chi connectivity index (χ2n) is 5.10. The minimum atomic E-state index is -0.951. The van der Waals surface area contributed by atoms with E-state index < -0.39 is 11.2 Å². The van der Waals surface area contributed by atoms with Crippen LogP contribution in [0.1, 0.15) is 37.7 Å². The fourth-order valence-corrected chi connectivity index (χ4v) is 3.14. The standard InChI is InChI=1S/C15H21NO2S/c1-19(18)11-14(13-9-5-6-10-15(13)17)16-12-7-3-2-4-8-12/h5-6,9-10,12,17H,2-4,7-8,11H2,1H3.